The van der Waals surface area contributed by atoms with E-state index in [0.717, 1.165) is 12.1 Å². The average Bonchev–Trinajstić information content (AvgIpc) is 2.38. The molecule has 0 saturated heterocycles. The van der Waals surface area contributed by atoms with Crippen LogP contribution in [0.5, 0.6) is 0 Å². The van der Waals surface area contributed by atoms with Gasteiger partial charge >= 0.3 is 0 Å². The molecule has 1 aromatic rings. The molecule has 1 aromatic heterocycles. The molecule has 0 aliphatic rings. The summed E-state index contributed by atoms with van der Waals surface area (Å²) in [6.07, 6.45) is 1.68. The second-order valence-electron chi connectivity index (χ2n) is 3.89. The number of likely N-dealkylation sites (N-methyl/N-ethyl adjacent to an activating group) is 2. The minimum Gasteiger partial charge on any atom is -0.388 e. The van der Waals surface area contributed by atoms with Crippen LogP contribution in [-0.2, 0) is 11.3 Å². The van der Waals surface area contributed by atoms with Gasteiger partial charge < -0.3 is 11.1 Å². The van der Waals surface area contributed by atoms with Gasteiger partial charge in [-0.05, 0) is 24.2 Å². The topological polar surface area (TPSA) is 71.2 Å². The first-order chi connectivity index (χ1) is 8.56. The Balaban J connectivity index is 2.72. The summed E-state index contributed by atoms with van der Waals surface area (Å²) >= 11 is 4.89. The van der Waals surface area contributed by atoms with Crippen molar-refractivity contribution < 1.29 is 4.79 Å². The van der Waals surface area contributed by atoms with Crippen LogP contribution in [0.1, 0.15) is 18.2 Å². The number of carbonyl (C=O) groups is 1. The predicted octanol–water partition coefficient (Wildman–Crippen LogP) is 0.284. The SMILES string of the molecule is CCN(CC(=O)NC)Cc1ccnc(C(N)=S)c1. The lowest BCUT2D eigenvalue weighted by atomic mass is 10.2. The summed E-state index contributed by atoms with van der Waals surface area (Å²) in [5.41, 5.74) is 7.19. The Hall–Kier alpha value is -1.53. The van der Waals surface area contributed by atoms with Gasteiger partial charge in [0.15, 0.2) is 0 Å². The van der Waals surface area contributed by atoms with Gasteiger partial charge in [-0.3, -0.25) is 14.7 Å². The Morgan fingerprint density at radius 3 is 2.89 bits per heavy atom. The molecule has 6 heteroatoms. The molecule has 0 radical (unpaired) electrons. The van der Waals surface area contributed by atoms with Crippen molar-refractivity contribution in [2.75, 3.05) is 20.1 Å². The van der Waals surface area contributed by atoms with Gasteiger partial charge in [0.1, 0.15) is 4.99 Å². The molecule has 3 N–H and O–H groups in total. The lowest BCUT2D eigenvalue weighted by Crippen LogP contribution is -2.35. The molecule has 0 spiro atoms. The number of nitrogens with zero attached hydrogens (tertiary/aromatic N) is 2. The number of hydrogen-bond acceptors (Lipinski definition) is 4. The first-order valence-corrected chi connectivity index (χ1v) is 6.15. The van der Waals surface area contributed by atoms with Crippen molar-refractivity contribution in [3.63, 3.8) is 0 Å². The van der Waals surface area contributed by atoms with Crippen molar-refractivity contribution in [2.24, 2.45) is 5.73 Å². The minimum atomic E-state index is 0.000440. The monoisotopic (exact) mass is 266 g/mol. The molecule has 0 aliphatic carbocycles. The summed E-state index contributed by atoms with van der Waals surface area (Å²) in [5.74, 6) is 0.000440. The fourth-order valence-electron chi connectivity index (χ4n) is 1.53. The average molecular weight is 266 g/mol. The number of nitrogens with one attached hydrogen (secondary N) is 1. The normalized spacial score (nSPS) is 10.4. The number of carbonyl (C=O) groups excluding carboxylic acids is 1. The van der Waals surface area contributed by atoms with E-state index in [1.165, 1.54) is 0 Å². The van der Waals surface area contributed by atoms with Gasteiger partial charge in [0, 0.05) is 19.8 Å². The zero-order valence-electron chi connectivity index (χ0n) is 10.6. The molecule has 98 valence electrons. The van der Waals surface area contributed by atoms with Crippen LogP contribution in [0.15, 0.2) is 18.3 Å². The quantitative estimate of drug-likeness (QED) is 0.724. The highest BCUT2D eigenvalue weighted by atomic mass is 32.1. The maximum Gasteiger partial charge on any atom is 0.233 e. The van der Waals surface area contributed by atoms with E-state index in [9.17, 15) is 4.79 Å². The minimum absolute atomic E-state index is 0.000440. The van der Waals surface area contributed by atoms with Gasteiger partial charge in [-0.25, -0.2) is 0 Å². The van der Waals surface area contributed by atoms with Gasteiger partial charge in [0.2, 0.25) is 5.91 Å². The van der Waals surface area contributed by atoms with Crippen LogP contribution in [-0.4, -0.2) is 40.9 Å². The highest BCUT2D eigenvalue weighted by Crippen LogP contribution is 2.06. The molecule has 0 aromatic carbocycles. The molecule has 18 heavy (non-hydrogen) atoms. The number of amides is 1. The van der Waals surface area contributed by atoms with E-state index in [-0.39, 0.29) is 10.9 Å². The van der Waals surface area contributed by atoms with E-state index >= 15 is 0 Å². The molecule has 0 fully saturated rings. The Labute approximate surface area is 112 Å². The van der Waals surface area contributed by atoms with Crippen molar-refractivity contribution in [2.45, 2.75) is 13.5 Å². The van der Waals surface area contributed by atoms with Crippen molar-refractivity contribution >= 4 is 23.1 Å². The Morgan fingerprint density at radius 2 is 2.33 bits per heavy atom. The standard InChI is InChI=1S/C12H18N4OS/c1-3-16(8-11(17)14-2)7-9-4-5-15-10(6-9)12(13)18/h4-6H,3,7-8H2,1-2H3,(H2,13,18)(H,14,17). The van der Waals surface area contributed by atoms with Gasteiger partial charge in [-0.15, -0.1) is 0 Å². The molecule has 1 rings (SSSR count). The predicted molar refractivity (Wildman–Crippen MR) is 75.1 cm³/mol. The van der Waals surface area contributed by atoms with Crippen molar-refractivity contribution in [3.8, 4) is 0 Å². The highest BCUT2D eigenvalue weighted by Gasteiger charge is 2.09. The molecule has 0 atom stereocenters. The lowest BCUT2D eigenvalue weighted by Gasteiger charge is -2.19. The summed E-state index contributed by atoms with van der Waals surface area (Å²) in [6, 6.07) is 3.75. The third-order valence-corrected chi connectivity index (χ3v) is 2.79. The van der Waals surface area contributed by atoms with Gasteiger partial charge in [-0.1, -0.05) is 19.1 Å². The van der Waals surface area contributed by atoms with Gasteiger partial charge in [0.25, 0.3) is 0 Å². The second-order valence-corrected chi connectivity index (χ2v) is 4.33. The van der Waals surface area contributed by atoms with E-state index in [1.54, 1.807) is 13.2 Å². The highest BCUT2D eigenvalue weighted by molar-refractivity contribution is 7.80. The summed E-state index contributed by atoms with van der Waals surface area (Å²) < 4.78 is 0. The molecule has 1 amide bonds. The number of aromatic nitrogens is 1. The maximum absolute atomic E-state index is 11.3. The van der Waals surface area contributed by atoms with E-state index in [4.69, 9.17) is 18.0 Å². The summed E-state index contributed by atoms with van der Waals surface area (Å²) in [6.45, 7) is 3.84. The van der Waals surface area contributed by atoms with Crippen molar-refractivity contribution in [1.82, 2.24) is 15.2 Å². The summed E-state index contributed by atoms with van der Waals surface area (Å²) in [5, 5.41) is 2.61. The van der Waals surface area contributed by atoms with Crippen LogP contribution in [0, 0.1) is 0 Å². The number of rotatable bonds is 6. The van der Waals surface area contributed by atoms with Crippen LogP contribution in [0.25, 0.3) is 0 Å². The van der Waals surface area contributed by atoms with E-state index < -0.39 is 0 Å². The molecule has 0 aliphatic heterocycles. The van der Waals surface area contributed by atoms with Crippen LogP contribution in [0.3, 0.4) is 0 Å². The van der Waals surface area contributed by atoms with Gasteiger partial charge in [0.05, 0.1) is 12.2 Å². The largest absolute Gasteiger partial charge is 0.388 e. The zero-order chi connectivity index (χ0) is 13.5. The summed E-state index contributed by atoms with van der Waals surface area (Å²) in [4.78, 5) is 17.7. The zero-order valence-corrected chi connectivity index (χ0v) is 11.5. The lowest BCUT2D eigenvalue weighted by molar-refractivity contribution is -0.121. The Morgan fingerprint density at radius 1 is 1.61 bits per heavy atom. The van der Waals surface area contributed by atoms with Crippen LogP contribution >= 0.6 is 12.2 Å². The molecule has 0 saturated carbocycles. The first kappa shape index (κ1) is 14.5. The van der Waals surface area contributed by atoms with Crippen molar-refractivity contribution in [1.29, 1.82) is 0 Å². The Bertz CT molecular complexity index is 436. The number of pyridine rings is 1. The third kappa shape index (κ3) is 4.38. The van der Waals surface area contributed by atoms with Gasteiger partial charge in [-0.2, -0.15) is 0 Å². The first-order valence-electron chi connectivity index (χ1n) is 5.74. The number of nitrogens with two attached hydrogens (primary N) is 1. The van der Waals surface area contributed by atoms with E-state index in [1.807, 2.05) is 24.0 Å². The molecule has 0 unspecified atom stereocenters. The van der Waals surface area contributed by atoms with E-state index in [0.29, 0.717) is 18.8 Å². The van der Waals surface area contributed by atoms with Crippen LogP contribution in [0.4, 0.5) is 0 Å². The molecular weight excluding hydrogens is 248 g/mol. The fourth-order valence-corrected chi connectivity index (χ4v) is 1.64. The van der Waals surface area contributed by atoms with Crippen LogP contribution in [0.2, 0.25) is 0 Å². The maximum atomic E-state index is 11.3. The number of thiocarbonyl (C=S) groups is 1. The Kier molecular flexibility index (Phi) is 5.67. The second kappa shape index (κ2) is 7.03. The molecular formula is C12H18N4OS. The van der Waals surface area contributed by atoms with Crippen LogP contribution < -0.4 is 11.1 Å². The van der Waals surface area contributed by atoms with Crippen molar-refractivity contribution in [3.05, 3.63) is 29.6 Å². The summed E-state index contributed by atoms with van der Waals surface area (Å²) in [7, 11) is 1.63. The smallest absolute Gasteiger partial charge is 0.233 e. The van der Waals surface area contributed by atoms with E-state index in [2.05, 4.69) is 10.3 Å². The molecule has 5 nitrogen and oxygen atoms in total. The third-order valence-electron chi connectivity index (χ3n) is 2.58. The molecule has 0 bridgehead atoms. The number of hydrogen-bond donors (Lipinski definition) is 2. The fraction of sp³-hybridized carbons (Fsp3) is 0.417. The molecule has 1 heterocycles.